The molecule has 100 valence electrons. The third-order valence-corrected chi connectivity index (χ3v) is 4.23. The molecule has 0 aromatic carbocycles. The molecule has 3 heteroatoms. The first kappa shape index (κ1) is 13.3. The molecule has 1 heterocycles. The number of methoxy groups -OCH3 is 1. The molecule has 1 aliphatic heterocycles. The molecule has 3 nitrogen and oxygen atoms in total. The number of nitrogens with one attached hydrogen (secondary N) is 1. The van der Waals surface area contributed by atoms with Crippen LogP contribution in [-0.2, 0) is 4.74 Å². The summed E-state index contributed by atoms with van der Waals surface area (Å²) >= 11 is 0. The van der Waals surface area contributed by atoms with E-state index in [4.69, 9.17) is 4.74 Å². The Bertz CT molecular complexity index is 232. The Labute approximate surface area is 106 Å². The van der Waals surface area contributed by atoms with Crippen molar-refractivity contribution >= 4 is 0 Å². The first-order valence-electron chi connectivity index (χ1n) is 7.22. The van der Waals surface area contributed by atoms with Crippen molar-refractivity contribution in [1.29, 1.82) is 0 Å². The lowest BCUT2D eigenvalue weighted by Crippen LogP contribution is -2.50. The summed E-state index contributed by atoms with van der Waals surface area (Å²) < 4.78 is 5.48. The zero-order valence-electron chi connectivity index (χ0n) is 11.6. The highest BCUT2D eigenvalue weighted by atomic mass is 16.5. The van der Waals surface area contributed by atoms with Gasteiger partial charge in [-0.15, -0.1) is 0 Å². The van der Waals surface area contributed by atoms with Crippen molar-refractivity contribution in [3.63, 3.8) is 0 Å². The second-order valence-electron chi connectivity index (χ2n) is 5.98. The van der Waals surface area contributed by atoms with Crippen molar-refractivity contribution in [2.24, 2.45) is 0 Å². The summed E-state index contributed by atoms with van der Waals surface area (Å²) in [6, 6.07) is 2.08. The van der Waals surface area contributed by atoms with Gasteiger partial charge in [0.1, 0.15) is 0 Å². The van der Waals surface area contributed by atoms with E-state index < -0.39 is 0 Å². The second kappa shape index (κ2) is 6.17. The number of nitrogens with zero attached hydrogens (tertiary/aromatic N) is 1. The number of rotatable bonds is 4. The molecule has 3 unspecified atom stereocenters. The number of hydrogen-bond acceptors (Lipinski definition) is 3. The molecule has 0 spiro atoms. The van der Waals surface area contributed by atoms with Gasteiger partial charge in [0, 0.05) is 31.8 Å². The number of piperidine rings is 1. The summed E-state index contributed by atoms with van der Waals surface area (Å²) in [5, 5.41) is 3.69. The molecule has 0 aromatic rings. The van der Waals surface area contributed by atoms with E-state index in [2.05, 4.69) is 24.1 Å². The molecule has 2 fully saturated rings. The van der Waals surface area contributed by atoms with Gasteiger partial charge in [-0.3, -0.25) is 4.90 Å². The highest BCUT2D eigenvalue weighted by Crippen LogP contribution is 2.28. The molecule has 1 N–H and O–H groups in total. The molecule has 0 amide bonds. The minimum Gasteiger partial charge on any atom is -0.381 e. The van der Waals surface area contributed by atoms with E-state index >= 15 is 0 Å². The van der Waals surface area contributed by atoms with Gasteiger partial charge in [-0.25, -0.2) is 0 Å². The molecular weight excluding hydrogens is 212 g/mol. The van der Waals surface area contributed by atoms with Crippen LogP contribution in [-0.4, -0.2) is 49.3 Å². The molecule has 0 bridgehead atoms. The van der Waals surface area contributed by atoms with Crippen LogP contribution in [0.4, 0.5) is 0 Å². The van der Waals surface area contributed by atoms with Crippen molar-refractivity contribution in [2.45, 2.75) is 70.2 Å². The highest BCUT2D eigenvalue weighted by Gasteiger charge is 2.32. The van der Waals surface area contributed by atoms with Crippen molar-refractivity contribution in [1.82, 2.24) is 10.2 Å². The lowest BCUT2D eigenvalue weighted by Gasteiger charge is -2.38. The molecular formula is C14H28N2O. The SMILES string of the molecule is COC1CCC(N2CCCC(NC(C)C)C2)C1. The summed E-state index contributed by atoms with van der Waals surface area (Å²) in [5.41, 5.74) is 0. The van der Waals surface area contributed by atoms with Crippen LogP contribution < -0.4 is 5.32 Å². The van der Waals surface area contributed by atoms with Crippen LogP contribution in [0.3, 0.4) is 0 Å². The summed E-state index contributed by atoms with van der Waals surface area (Å²) in [4.78, 5) is 2.70. The fourth-order valence-corrected chi connectivity index (χ4v) is 3.41. The molecule has 0 radical (unpaired) electrons. The van der Waals surface area contributed by atoms with E-state index in [-0.39, 0.29) is 0 Å². The summed E-state index contributed by atoms with van der Waals surface area (Å²) in [5.74, 6) is 0. The minimum absolute atomic E-state index is 0.512. The van der Waals surface area contributed by atoms with Crippen molar-refractivity contribution in [2.75, 3.05) is 20.2 Å². The number of hydrogen-bond donors (Lipinski definition) is 1. The Morgan fingerprint density at radius 3 is 2.71 bits per heavy atom. The average molecular weight is 240 g/mol. The van der Waals surface area contributed by atoms with Gasteiger partial charge in [0.25, 0.3) is 0 Å². The van der Waals surface area contributed by atoms with E-state index in [1.165, 1.54) is 45.2 Å². The highest BCUT2D eigenvalue weighted by molar-refractivity contribution is 4.88. The Morgan fingerprint density at radius 2 is 2.06 bits per heavy atom. The van der Waals surface area contributed by atoms with Crippen molar-refractivity contribution in [3.8, 4) is 0 Å². The van der Waals surface area contributed by atoms with E-state index in [1.54, 1.807) is 0 Å². The molecule has 2 rings (SSSR count). The van der Waals surface area contributed by atoms with Crippen molar-refractivity contribution < 1.29 is 4.74 Å². The van der Waals surface area contributed by atoms with Gasteiger partial charge in [-0.05, 0) is 38.6 Å². The Kier molecular flexibility index (Phi) is 4.83. The summed E-state index contributed by atoms with van der Waals surface area (Å²) in [7, 11) is 1.85. The molecule has 1 saturated carbocycles. The van der Waals surface area contributed by atoms with Gasteiger partial charge in [-0.2, -0.15) is 0 Å². The van der Waals surface area contributed by atoms with Gasteiger partial charge in [0.15, 0.2) is 0 Å². The fraction of sp³-hybridized carbons (Fsp3) is 1.00. The summed E-state index contributed by atoms with van der Waals surface area (Å²) in [6.07, 6.45) is 7.02. The molecule has 1 aliphatic carbocycles. The van der Waals surface area contributed by atoms with Crippen LogP contribution in [0.1, 0.15) is 46.0 Å². The minimum atomic E-state index is 0.512. The Balaban J connectivity index is 1.81. The predicted octanol–water partition coefficient (Wildman–Crippen LogP) is 2.02. The van der Waals surface area contributed by atoms with Gasteiger partial charge in [0.2, 0.25) is 0 Å². The lowest BCUT2D eigenvalue weighted by atomic mass is 10.0. The van der Waals surface area contributed by atoms with Crippen LogP contribution in [0.2, 0.25) is 0 Å². The first-order valence-corrected chi connectivity index (χ1v) is 7.22. The van der Waals surface area contributed by atoms with Crippen LogP contribution in [0.25, 0.3) is 0 Å². The molecule has 17 heavy (non-hydrogen) atoms. The summed E-state index contributed by atoms with van der Waals surface area (Å²) in [6.45, 7) is 7.02. The zero-order valence-corrected chi connectivity index (χ0v) is 11.6. The van der Waals surface area contributed by atoms with Crippen molar-refractivity contribution in [3.05, 3.63) is 0 Å². The van der Waals surface area contributed by atoms with Crippen LogP contribution in [0, 0.1) is 0 Å². The molecule has 0 aromatic heterocycles. The quantitative estimate of drug-likeness (QED) is 0.813. The van der Waals surface area contributed by atoms with E-state index in [1.807, 2.05) is 7.11 Å². The zero-order chi connectivity index (χ0) is 12.3. The topological polar surface area (TPSA) is 24.5 Å². The van der Waals surface area contributed by atoms with Gasteiger partial charge >= 0.3 is 0 Å². The van der Waals surface area contributed by atoms with E-state index in [9.17, 15) is 0 Å². The van der Waals surface area contributed by atoms with Gasteiger partial charge in [0.05, 0.1) is 6.10 Å². The van der Waals surface area contributed by atoms with E-state index in [0.717, 1.165) is 6.04 Å². The maximum Gasteiger partial charge on any atom is 0.0586 e. The van der Waals surface area contributed by atoms with Crippen LogP contribution in [0.5, 0.6) is 0 Å². The largest absolute Gasteiger partial charge is 0.381 e. The normalized spacial score (nSPS) is 35.6. The lowest BCUT2D eigenvalue weighted by molar-refractivity contribution is 0.0872. The monoisotopic (exact) mass is 240 g/mol. The van der Waals surface area contributed by atoms with Crippen LogP contribution in [0.15, 0.2) is 0 Å². The number of ether oxygens (including phenoxy) is 1. The third-order valence-electron chi connectivity index (χ3n) is 4.23. The molecule has 2 aliphatic rings. The maximum absolute atomic E-state index is 5.48. The van der Waals surface area contributed by atoms with E-state index in [0.29, 0.717) is 18.2 Å². The second-order valence-corrected chi connectivity index (χ2v) is 5.98. The third kappa shape index (κ3) is 3.67. The van der Waals surface area contributed by atoms with Gasteiger partial charge < -0.3 is 10.1 Å². The smallest absolute Gasteiger partial charge is 0.0586 e. The maximum atomic E-state index is 5.48. The number of likely N-dealkylation sites (tertiary alicyclic amines) is 1. The molecule has 1 saturated heterocycles. The van der Waals surface area contributed by atoms with Gasteiger partial charge in [-0.1, -0.05) is 13.8 Å². The Hall–Kier alpha value is -0.120. The first-order chi connectivity index (χ1) is 8.19. The standard InChI is InChI=1S/C14H28N2O/c1-11(2)15-12-5-4-8-16(10-12)13-6-7-14(9-13)17-3/h11-15H,4-10H2,1-3H3. The predicted molar refractivity (Wildman–Crippen MR) is 71.3 cm³/mol. The average Bonchev–Trinajstić information content (AvgIpc) is 2.77. The van der Waals surface area contributed by atoms with Crippen LogP contribution >= 0.6 is 0 Å². The molecule has 3 atom stereocenters. The Morgan fingerprint density at radius 1 is 1.24 bits per heavy atom. The fourth-order valence-electron chi connectivity index (χ4n) is 3.41.